The zero-order chi connectivity index (χ0) is 24.3. The third-order valence-corrected chi connectivity index (χ3v) is 6.21. The van der Waals surface area contributed by atoms with Gasteiger partial charge in [-0.1, -0.05) is 27.7 Å². The van der Waals surface area contributed by atoms with Gasteiger partial charge < -0.3 is 9.47 Å². The molecule has 0 saturated heterocycles. The van der Waals surface area contributed by atoms with E-state index in [1.165, 1.54) is 18.4 Å². The molecule has 0 bridgehead atoms. The maximum Gasteiger partial charge on any atom is 0.280 e. The average molecular weight is 471 g/mol. The van der Waals surface area contributed by atoms with E-state index in [-0.39, 0.29) is 5.41 Å². The zero-order valence-corrected chi connectivity index (χ0v) is 20.9. The number of nitrogens with zero attached hydrogens (tertiary/aromatic N) is 2. The number of rotatable bonds is 6. The topological polar surface area (TPSA) is 102 Å². The van der Waals surface area contributed by atoms with Gasteiger partial charge in [0.15, 0.2) is 11.5 Å². The number of aryl methyl sites for hydroxylation is 2. The first-order valence-electron chi connectivity index (χ1n) is 10.8. The number of fused-ring (bicyclic) bond motifs is 1. The maximum atomic E-state index is 12.9. The van der Waals surface area contributed by atoms with Crippen molar-refractivity contribution >= 4 is 33.4 Å². The number of carbonyl (C=O) groups excluding carboxylic acids is 2. The molecule has 0 fully saturated rings. The predicted molar refractivity (Wildman–Crippen MR) is 129 cm³/mol. The minimum absolute atomic E-state index is 0.203. The number of amides is 2. The molecule has 0 unspecified atom stereocenters. The first-order chi connectivity index (χ1) is 15.6. The van der Waals surface area contributed by atoms with Gasteiger partial charge in [-0.25, -0.2) is 9.97 Å². The van der Waals surface area contributed by atoms with Crippen molar-refractivity contribution in [1.82, 2.24) is 20.8 Å². The minimum atomic E-state index is -0.464. The normalized spacial score (nSPS) is 11.4. The molecule has 2 heterocycles. The van der Waals surface area contributed by atoms with Crippen molar-refractivity contribution in [2.75, 3.05) is 13.7 Å². The first-order valence-corrected chi connectivity index (χ1v) is 11.6. The summed E-state index contributed by atoms with van der Waals surface area (Å²) < 4.78 is 10.9. The number of carbonyl (C=O) groups is 2. The molecule has 0 radical (unpaired) electrons. The van der Waals surface area contributed by atoms with Gasteiger partial charge in [0.25, 0.3) is 11.8 Å². The summed E-state index contributed by atoms with van der Waals surface area (Å²) in [5, 5.41) is 0.872. The van der Waals surface area contributed by atoms with Crippen LogP contribution < -0.4 is 20.3 Å². The van der Waals surface area contributed by atoms with E-state index in [0.717, 1.165) is 33.7 Å². The van der Waals surface area contributed by atoms with Crippen LogP contribution in [0.3, 0.4) is 0 Å². The number of nitrogens with one attached hydrogen (secondary N) is 2. The van der Waals surface area contributed by atoms with Crippen LogP contribution >= 0.6 is 11.3 Å². The lowest BCUT2D eigenvalue weighted by molar-refractivity contribution is 0.0848. The number of hydrazine groups is 1. The highest BCUT2D eigenvalue weighted by atomic mass is 32.1. The van der Waals surface area contributed by atoms with Crippen LogP contribution in [0.1, 0.15) is 71.2 Å². The third-order valence-electron chi connectivity index (χ3n) is 5.03. The Balaban J connectivity index is 1.77. The summed E-state index contributed by atoms with van der Waals surface area (Å²) in [6.07, 6.45) is 0.858. The molecule has 0 aliphatic heterocycles. The summed E-state index contributed by atoms with van der Waals surface area (Å²) in [5.41, 5.74) is 6.72. The van der Waals surface area contributed by atoms with Crippen molar-refractivity contribution in [1.29, 1.82) is 0 Å². The van der Waals surface area contributed by atoms with Crippen LogP contribution in [-0.4, -0.2) is 35.5 Å². The molecule has 9 heteroatoms. The van der Waals surface area contributed by atoms with Gasteiger partial charge in [-0.15, -0.1) is 11.3 Å². The molecule has 2 N–H and O–H groups in total. The van der Waals surface area contributed by atoms with E-state index in [1.54, 1.807) is 18.2 Å². The highest BCUT2D eigenvalue weighted by molar-refractivity contribution is 7.20. The van der Waals surface area contributed by atoms with Crippen LogP contribution in [0.25, 0.3) is 10.2 Å². The SMILES string of the molecule is CCCOc1ccc(C(=O)NNC(=O)c2sc3nc(C(C)(C)C)nc(C)c3c2C)cc1OC. The smallest absolute Gasteiger partial charge is 0.280 e. The second kappa shape index (κ2) is 9.74. The number of benzene rings is 1. The molecule has 1 aromatic carbocycles. The van der Waals surface area contributed by atoms with Crippen molar-refractivity contribution in [3.8, 4) is 11.5 Å². The molecule has 33 heavy (non-hydrogen) atoms. The molecule has 2 amide bonds. The molecule has 0 aliphatic carbocycles. The fourth-order valence-corrected chi connectivity index (χ4v) is 4.40. The van der Waals surface area contributed by atoms with Gasteiger partial charge in [-0.05, 0) is 44.0 Å². The second-order valence-corrected chi connectivity index (χ2v) is 9.74. The molecule has 3 aromatic rings. The summed E-state index contributed by atoms with van der Waals surface area (Å²) >= 11 is 1.29. The number of methoxy groups -OCH3 is 1. The fraction of sp³-hybridized carbons (Fsp3) is 0.417. The Hall–Kier alpha value is -3.20. The van der Waals surface area contributed by atoms with Crippen LogP contribution in [0.4, 0.5) is 0 Å². The van der Waals surface area contributed by atoms with Gasteiger partial charge in [0, 0.05) is 16.4 Å². The molecule has 2 aromatic heterocycles. The molecule has 3 rings (SSSR count). The van der Waals surface area contributed by atoms with Crippen molar-refractivity contribution < 1.29 is 19.1 Å². The lowest BCUT2D eigenvalue weighted by Gasteiger charge is -2.16. The zero-order valence-electron chi connectivity index (χ0n) is 20.1. The number of hydrogen-bond acceptors (Lipinski definition) is 7. The van der Waals surface area contributed by atoms with Gasteiger partial charge in [0.05, 0.1) is 24.3 Å². The van der Waals surface area contributed by atoms with Crippen LogP contribution in [0.15, 0.2) is 18.2 Å². The van der Waals surface area contributed by atoms with E-state index in [1.807, 2.05) is 20.8 Å². The summed E-state index contributed by atoms with van der Waals surface area (Å²) in [4.78, 5) is 36.0. The molecular formula is C24H30N4O4S. The Morgan fingerprint density at radius 3 is 2.39 bits per heavy atom. The van der Waals surface area contributed by atoms with E-state index < -0.39 is 11.8 Å². The Kier molecular flexibility index (Phi) is 7.22. The Morgan fingerprint density at radius 1 is 1.06 bits per heavy atom. The van der Waals surface area contributed by atoms with E-state index >= 15 is 0 Å². The van der Waals surface area contributed by atoms with Crippen LogP contribution in [0, 0.1) is 13.8 Å². The lowest BCUT2D eigenvalue weighted by atomic mass is 9.95. The number of aromatic nitrogens is 2. The van der Waals surface area contributed by atoms with E-state index in [4.69, 9.17) is 9.47 Å². The number of ether oxygens (including phenoxy) is 2. The molecule has 8 nitrogen and oxygen atoms in total. The van der Waals surface area contributed by atoms with Gasteiger partial charge in [-0.3, -0.25) is 20.4 Å². The van der Waals surface area contributed by atoms with Gasteiger partial charge >= 0.3 is 0 Å². The summed E-state index contributed by atoms with van der Waals surface area (Å²) in [5.74, 6) is 0.872. The van der Waals surface area contributed by atoms with Crippen molar-refractivity contribution in [3.05, 3.63) is 45.7 Å². The largest absolute Gasteiger partial charge is 0.493 e. The fourth-order valence-electron chi connectivity index (χ4n) is 3.27. The molecule has 176 valence electrons. The van der Waals surface area contributed by atoms with E-state index in [0.29, 0.717) is 28.5 Å². The predicted octanol–water partition coefficient (Wildman–Crippen LogP) is 4.48. The quantitative estimate of drug-likeness (QED) is 0.515. The highest BCUT2D eigenvalue weighted by Crippen LogP contribution is 2.33. The summed E-state index contributed by atoms with van der Waals surface area (Å²) in [6.45, 7) is 12.5. The monoisotopic (exact) mass is 470 g/mol. The number of thiophene rings is 1. The van der Waals surface area contributed by atoms with Crippen molar-refractivity contribution in [2.45, 2.75) is 53.4 Å². The van der Waals surface area contributed by atoms with Crippen molar-refractivity contribution in [3.63, 3.8) is 0 Å². The molecule has 0 aliphatic rings. The summed E-state index contributed by atoms with van der Waals surface area (Å²) in [6, 6.07) is 4.87. The van der Waals surface area contributed by atoms with Crippen molar-refractivity contribution in [2.24, 2.45) is 0 Å². The van der Waals surface area contributed by atoms with Crippen LogP contribution in [0.5, 0.6) is 11.5 Å². The minimum Gasteiger partial charge on any atom is -0.493 e. The highest BCUT2D eigenvalue weighted by Gasteiger charge is 2.23. The van der Waals surface area contributed by atoms with E-state index in [9.17, 15) is 9.59 Å². The Bertz CT molecular complexity index is 1200. The molecule has 0 atom stereocenters. The van der Waals surface area contributed by atoms with Crippen LogP contribution in [-0.2, 0) is 5.41 Å². The number of hydrogen-bond donors (Lipinski definition) is 2. The Morgan fingerprint density at radius 2 is 1.76 bits per heavy atom. The lowest BCUT2D eigenvalue weighted by Crippen LogP contribution is -2.41. The average Bonchev–Trinajstić information content (AvgIpc) is 3.12. The van der Waals surface area contributed by atoms with Gasteiger partial charge in [-0.2, -0.15) is 0 Å². The molecular weight excluding hydrogens is 440 g/mol. The first kappa shape index (κ1) is 24.4. The maximum absolute atomic E-state index is 12.9. The second-order valence-electron chi connectivity index (χ2n) is 8.74. The van der Waals surface area contributed by atoms with Gasteiger partial charge in [0.2, 0.25) is 0 Å². The standard InChI is InChI=1S/C24H30N4O4S/c1-8-11-32-16-10-9-15(12-17(16)31-7)20(29)27-28-21(30)19-13(2)18-14(3)25-23(24(4,5)6)26-22(18)33-19/h9-10,12H,8,11H2,1-7H3,(H,27,29)(H,28,30). The van der Waals surface area contributed by atoms with E-state index in [2.05, 4.69) is 41.6 Å². The molecule has 0 spiro atoms. The molecule has 0 saturated carbocycles. The Labute approximate surface area is 197 Å². The van der Waals surface area contributed by atoms with Gasteiger partial charge in [0.1, 0.15) is 10.7 Å². The summed E-state index contributed by atoms with van der Waals surface area (Å²) in [7, 11) is 1.51. The van der Waals surface area contributed by atoms with Crippen LogP contribution in [0.2, 0.25) is 0 Å². The third kappa shape index (κ3) is 5.24.